The lowest BCUT2D eigenvalue weighted by atomic mass is 9.83. The third kappa shape index (κ3) is 5.33. The largest absolute Gasteiger partial charge is 0.406 e. The highest BCUT2D eigenvalue weighted by Crippen LogP contribution is 2.26. The van der Waals surface area contributed by atoms with Gasteiger partial charge >= 0.3 is 0 Å². The van der Waals surface area contributed by atoms with E-state index in [1.165, 1.54) is 24.6 Å². The SMILES string of the molecule is CC[Si](CC)(CC)N(C)/C=C/CC(C(C)C)C(C)C. The highest BCUT2D eigenvalue weighted by molar-refractivity contribution is 6.77. The second-order valence-electron chi connectivity index (χ2n) is 6.67. The van der Waals surface area contributed by atoms with Crippen molar-refractivity contribution in [2.75, 3.05) is 7.05 Å². The molecule has 0 amide bonds. The van der Waals surface area contributed by atoms with Crippen LogP contribution in [-0.4, -0.2) is 19.8 Å². The lowest BCUT2D eigenvalue weighted by Gasteiger charge is -2.37. The van der Waals surface area contributed by atoms with Gasteiger partial charge in [-0.05, 0) is 55.6 Å². The van der Waals surface area contributed by atoms with Crippen LogP contribution >= 0.6 is 0 Å². The molecule has 0 spiro atoms. The van der Waals surface area contributed by atoms with Crippen LogP contribution in [0.5, 0.6) is 0 Å². The molecule has 0 fully saturated rings. The Morgan fingerprint density at radius 2 is 1.32 bits per heavy atom. The minimum Gasteiger partial charge on any atom is -0.406 e. The molecule has 0 aliphatic carbocycles. The van der Waals surface area contributed by atoms with E-state index in [0.29, 0.717) is 0 Å². The lowest BCUT2D eigenvalue weighted by Crippen LogP contribution is -2.46. The topological polar surface area (TPSA) is 3.24 Å². The fraction of sp³-hybridized carbons (Fsp3) is 0.882. The van der Waals surface area contributed by atoms with Crippen molar-refractivity contribution in [2.24, 2.45) is 17.8 Å². The van der Waals surface area contributed by atoms with Crippen molar-refractivity contribution in [1.82, 2.24) is 4.57 Å². The molecule has 0 heterocycles. The van der Waals surface area contributed by atoms with E-state index in [-0.39, 0.29) is 0 Å². The molecule has 0 aliphatic rings. The van der Waals surface area contributed by atoms with Crippen molar-refractivity contribution in [1.29, 1.82) is 0 Å². The summed E-state index contributed by atoms with van der Waals surface area (Å²) in [6, 6.07) is 4.08. The molecule has 0 bridgehead atoms. The number of rotatable bonds is 9. The van der Waals surface area contributed by atoms with E-state index < -0.39 is 8.24 Å². The van der Waals surface area contributed by atoms with Crippen LogP contribution in [0.1, 0.15) is 54.9 Å². The molecule has 1 nitrogen and oxygen atoms in total. The molecule has 0 saturated carbocycles. The van der Waals surface area contributed by atoms with Gasteiger partial charge < -0.3 is 4.57 Å². The van der Waals surface area contributed by atoms with Crippen LogP contribution in [0.3, 0.4) is 0 Å². The first-order chi connectivity index (χ1) is 8.84. The average molecular weight is 284 g/mol. The van der Waals surface area contributed by atoms with Gasteiger partial charge in [-0.25, -0.2) is 0 Å². The van der Waals surface area contributed by atoms with Crippen molar-refractivity contribution >= 4 is 8.24 Å². The van der Waals surface area contributed by atoms with Gasteiger partial charge in [-0.2, -0.15) is 0 Å². The van der Waals surface area contributed by atoms with Gasteiger partial charge in [0, 0.05) is 0 Å². The Labute approximate surface area is 123 Å². The summed E-state index contributed by atoms with van der Waals surface area (Å²) in [6.07, 6.45) is 6.04. The molecule has 2 heteroatoms. The van der Waals surface area contributed by atoms with E-state index in [1.54, 1.807) is 0 Å². The minimum absolute atomic E-state index is 0.778. The van der Waals surface area contributed by atoms with Crippen LogP contribution in [0.4, 0.5) is 0 Å². The zero-order valence-electron chi connectivity index (χ0n) is 14.7. The zero-order valence-corrected chi connectivity index (χ0v) is 15.7. The first kappa shape index (κ1) is 18.8. The van der Waals surface area contributed by atoms with Gasteiger partial charge in [-0.1, -0.05) is 54.5 Å². The van der Waals surface area contributed by atoms with Gasteiger partial charge in [-0.3, -0.25) is 0 Å². The third-order valence-electron chi connectivity index (χ3n) is 5.17. The summed E-state index contributed by atoms with van der Waals surface area (Å²) >= 11 is 0. The maximum absolute atomic E-state index is 2.59. The number of hydrogen-bond acceptors (Lipinski definition) is 1. The van der Waals surface area contributed by atoms with Crippen molar-refractivity contribution in [3.8, 4) is 0 Å². The molecule has 114 valence electrons. The summed E-state index contributed by atoms with van der Waals surface area (Å²) in [5.41, 5.74) is 0. The fourth-order valence-electron chi connectivity index (χ4n) is 3.35. The molecule has 0 unspecified atom stereocenters. The Hall–Kier alpha value is -0.243. The number of hydrogen-bond donors (Lipinski definition) is 0. The van der Waals surface area contributed by atoms with E-state index >= 15 is 0 Å². The molecule has 0 radical (unpaired) electrons. The Balaban J connectivity index is 4.62. The minimum atomic E-state index is -1.20. The highest BCUT2D eigenvalue weighted by atomic mass is 28.3. The van der Waals surface area contributed by atoms with E-state index in [2.05, 4.69) is 72.4 Å². The third-order valence-corrected chi connectivity index (χ3v) is 10.8. The Morgan fingerprint density at radius 1 is 0.895 bits per heavy atom. The Morgan fingerprint density at radius 3 is 1.63 bits per heavy atom. The molecule has 19 heavy (non-hydrogen) atoms. The molecular formula is C17H37NSi. The summed E-state index contributed by atoms with van der Waals surface area (Å²) < 4.78 is 2.59. The smallest absolute Gasteiger partial charge is 0.154 e. The first-order valence-electron chi connectivity index (χ1n) is 8.24. The predicted molar refractivity (Wildman–Crippen MR) is 91.9 cm³/mol. The summed E-state index contributed by atoms with van der Waals surface area (Å²) in [6.45, 7) is 16.5. The quantitative estimate of drug-likeness (QED) is 0.487. The van der Waals surface area contributed by atoms with Gasteiger partial charge in [0.25, 0.3) is 0 Å². The molecule has 0 rings (SSSR count). The second-order valence-corrected chi connectivity index (χ2v) is 11.9. The monoisotopic (exact) mass is 283 g/mol. The lowest BCUT2D eigenvalue weighted by molar-refractivity contribution is 0.290. The van der Waals surface area contributed by atoms with Crippen LogP contribution in [0.25, 0.3) is 0 Å². The van der Waals surface area contributed by atoms with Gasteiger partial charge in [0.05, 0.1) is 0 Å². The highest BCUT2D eigenvalue weighted by Gasteiger charge is 2.30. The first-order valence-corrected chi connectivity index (χ1v) is 10.8. The summed E-state index contributed by atoms with van der Waals surface area (Å²) in [4.78, 5) is 0. The van der Waals surface area contributed by atoms with E-state index in [4.69, 9.17) is 0 Å². The Bertz CT molecular complexity index is 238. The summed E-state index contributed by atoms with van der Waals surface area (Å²) in [5, 5.41) is 0. The van der Waals surface area contributed by atoms with E-state index in [9.17, 15) is 0 Å². The normalized spacial score (nSPS) is 13.2. The molecule has 0 aromatic heterocycles. The van der Waals surface area contributed by atoms with E-state index in [0.717, 1.165) is 17.8 Å². The van der Waals surface area contributed by atoms with Crippen LogP contribution in [0.2, 0.25) is 18.1 Å². The molecule has 0 aromatic carbocycles. The fourth-order valence-corrected chi connectivity index (χ4v) is 6.76. The number of allylic oxidation sites excluding steroid dienone is 1. The van der Waals surface area contributed by atoms with Gasteiger partial charge in [0.15, 0.2) is 8.24 Å². The maximum atomic E-state index is 2.59. The van der Waals surface area contributed by atoms with Gasteiger partial charge in [0.1, 0.15) is 0 Å². The van der Waals surface area contributed by atoms with Crippen LogP contribution in [-0.2, 0) is 0 Å². The van der Waals surface area contributed by atoms with Crippen molar-refractivity contribution in [2.45, 2.75) is 73.0 Å². The second kappa shape index (κ2) is 8.83. The van der Waals surface area contributed by atoms with Crippen molar-refractivity contribution < 1.29 is 0 Å². The van der Waals surface area contributed by atoms with Crippen molar-refractivity contribution in [3.63, 3.8) is 0 Å². The zero-order chi connectivity index (χ0) is 15.1. The molecule has 0 N–H and O–H groups in total. The van der Waals surface area contributed by atoms with Crippen LogP contribution in [0.15, 0.2) is 12.3 Å². The standard InChI is InChI=1S/C17H37NSi/c1-9-19(10-2,11-3)18(8)14-12-13-17(15(4)5)16(6)7/h12,14-17H,9-11,13H2,1-8H3/b14-12+. The molecule has 0 atom stereocenters. The van der Waals surface area contributed by atoms with Gasteiger partial charge in [0.2, 0.25) is 0 Å². The summed E-state index contributed by atoms with van der Waals surface area (Å²) in [5.74, 6) is 2.37. The number of nitrogens with zero attached hydrogens (tertiary/aromatic N) is 1. The average Bonchev–Trinajstić information content (AvgIpc) is 2.36. The van der Waals surface area contributed by atoms with Crippen LogP contribution in [0, 0.1) is 17.8 Å². The van der Waals surface area contributed by atoms with E-state index in [1.807, 2.05) is 0 Å². The Kier molecular flexibility index (Phi) is 8.72. The maximum Gasteiger partial charge on any atom is 0.154 e. The van der Waals surface area contributed by atoms with Crippen molar-refractivity contribution in [3.05, 3.63) is 12.3 Å². The molecule has 0 aliphatic heterocycles. The summed E-state index contributed by atoms with van der Waals surface area (Å²) in [7, 11) is 1.10. The van der Waals surface area contributed by atoms with Gasteiger partial charge in [-0.15, -0.1) is 0 Å². The molecule has 0 aromatic rings. The molecular weight excluding hydrogens is 246 g/mol. The predicted octanol–water partition coefficient (Wildman–Crippen LogP) is 5.76. The molecule has 0 saturated heterocycles. The van der Waals surface area contributed by atoms with Crippen LogP contribution < -0.4 is 0 Å².